The summed E-state index contributed by atoms with van der Waals surface area (Å²) in [5, 5.41) is 0. The molecule has 0 aliphatic rings. The fourth-order valence-electron chi connectivity index (χ4n) is 7.67. The van der Waals surface area contributed by atoms with Crippen LogP contribution in [0.1, 0.15) is 148 Å². The molecule has 52 heavy (non-hydrogen) atoms. The van der Waals surface area contributed by atoms with Crippen LogP contribution in [-0.2, 0) is 51.4 Å². The molecule has 0 nitrogen and oxygen atoms in total. The van der Waals surface area contributed by atoms with Crippen molar-refractivity contribution in [1.82, 2.24) is 0 Å². The molecule has 0 aliphatic heterocycles. The van der Waals surface area contributed by atoms with E-state index in [4.69, 9.17) is 0 Å². The predicted molar refractivity (Wildman–Crippen MR) is 234 cm³/mol. The Morgan fingerprint density at radius 1 is 0.327 bits per heavy atom. The van der Waals surface area contributed by atoms with Crippen molar-refractivity contribution in [3.05, 3.63) is 128 Å². The molecule has 0 bridgehead atoms. The molecule has 0 amide bonds. The molecule has 0 fully saturated rings. The number of aryl methyl sites for hydroxylation is 8. The van der Waals surface area contributed by atoms with Crippen LogP contribution in [0.25, 0.3) is 20.9 Å². The fraction of sp³-hybridized carbons (Fsp3) is 0.480. The third-order valence-electron chi connectivity index (χ3n) is 10.9. The molecule has 3 aromatic carbocycles. The molecule has 0 radical (unpaired) electrons. The Hall–Kier alpha value is -2.94. The van der Waals surface area contributed by atoms with Crippen LogP contribution < -0.4 is 0 Å². The maximum absolute atomic E-state index is 2.52. The second kappa shape index (κ2) is 22.3. The Bertz CT molecular complexity index is 1620. The van der Waals surface area contributed by atoms with Crippen LogP contribution in [0.15, 0.2) is 84.9 Å². The highest BCUT2D eigenvalue weighted by Crippen LogP contribution is 2.33. The van der Waals surface area contributed by atoms with Gasteiger partial charge in [-0.05, 0) is 146 Å². The van der Waals surface area contributed by atoms with Gasteiger partial charge >= 0.3 is 0 Å². The van der Waals surface area contributed by atoms with Gasteiger partial charge in [0, 0.05) is 19.5 Å². The number of hydrogen-bond donors (Lipinski definition) is 0. The lowest BCUT2D eigenvalue weighted by Crippen LogP contribution is -1.98. The van der Waals surface area contributed by atoms with E-state index in [-0.39, 0.29) is 0 Å². The van der Waals surface area contributed by atoms with Gasteiger partial charge in [-0.1, -0.05) is 140 Å². The SMILES string of the molecule is CCCCCc1ccc(-c2ccc(CCc3ccccc3CCc3ccc(-c4ccc(CCCCC)c(CCCCC)c4)s3)s2)cc1CCCCC. The van der Waals surface area contributed by atoms with E-state index < -0.39 is 0 Å². The Kier molecular flexibility index (Phi) is 17.3. The number of hydrogen-bond acceptors (Lipinski definition) is 2. The first-order valence-corrected chi connectivity index (χ1v) is 22.7. The Labute approximate surface area is 326 Å². The lowest BCUT2D eigenvalue weighted by molar-refractivity contribution is 0.694. The molecule has 0 saturated heterocycles. The van der Waals surface area contributed by atoms with Gasteiger partial charge in [-0.25, -0.2) is 0 Å². The van der Waals surface area contributed by atoms with Crippen molar-refractivity contribution < 1.29 is 0 Å². The van der Waals surface area contributed by atoms with Crippen LogP contribution in [-0.4, -0.2) is 0 Å². The molecule has 0 aliphatic carbocycles. The average molecular weight is 731 g/mol. The molecule has 0 unspecified atom stereocenters. The summed E-state index contributed by atoms with van der Waals surface area (Å²) in [7, 11) is 0. The summed E-state index contributed by atoms with van der Waals surface area (Å²) in [6.45, 7) is 9.22. The summed E-state index contributed by atoms with van der Waals surface area (Å²) in [4.78, 5) is 5.84. The van der Waals surface area contributed by atoms with Crippen molar-refractivity contribution in [2.75, 3.05) is 0 Å². The van der Waals surface area contributed by atoms with Gasteiger partial charge in [-0.15, -0.1) is 22.7 Å². The molecule has 0 saturated carbocycles. The van der Waals surface area contributed by atoms with Crippen molar-refractivity contribution in [3.8, 4) is 20.9 Å². The zero-order chi connectivity index (χ0) is 36.4. The van der Waals surface area contributed by atoms with Crippen LogP contribution in [0.5, 0.6) is 0 Å². The smallest absolute Gasteiger partial charge is 0.0345 e. The number of benzene rings is 3. The molecular formula is C50H66S2. The van der Waals surface area contributed by atoms with Crippen molar-refractivity contribution in [2.24, 2.45) is 0 Å². The summed E-state index contributed by atoms with van der Waals surface area (Å²) in [6.07, 6.45) is 25.0. The monoisotopic (exact) mass is 730 g/mol. The largest absolute Gasteiger partial charge is 0.140 e. The third-order valence-corrected chi connectivity index (χ3v) is 13.3. The number of thiophene rings is 2. The molecule has 2 aromatic heterocycles. The van der Waals surface area contributed by atoms with Gasteiger partial charge in [-0.3, -0.25) is 0 Å². The summed E-state index contributed by atoms with van der Waals surface area (Å²) in [5.41, 5.74) is 12.2. The molecule has 2 heterocycles. The van der Waals surface area contributed by atoms with Gasteiger partial charge in [0.1, 0.15) is 0 Å². The summed E-state index contributed by atoms with van der Waals surface area (Å²) in [6, 6.07) is 33.4. The van der Waals surface area contributed by atoms with E-state index in [1.165, 1.54) is 144 Å². The van der Waals surface area contributed by atoms with Gasteiger partial charge in [-0.2, -0.15) is 0 Å². The first-order valence-electron chi connectivity index (χ1n) is 21.1. The van der Waals surface area contributed by atoms with Crippen molar-refractivity contribution in [2.45, 2.75) is 156 Å². The maximum Gasteiger partial charge on any atom is 0.0345 e. The summed E-state index contributed by atoms with van der Waals surface area (Å²) in [5.74, 6) is 0. The molecule has 5 aromatic rings. The highest BCUT2D eigenvalue weighted by Gasteiger charge is 2.12. The Morgan fingerprint density at radius 2 is 0.692 bits per heavy atom. The highest BCUT2D eigenvalue weighted by molar-refractivity contribution is 7.15. The minimum absolute atomic E-state index is 1.11. The van der Waals surface area contributed by atoms with Crippen molar-refractivity contribution >= 4 is 22.7 Å². The van der Waals surface area contributed by atoms with Crippen molar-refractivity contribution in [1.29, 1.82) is 0 Å². The van der Waals surface area contributed by atoms with E-state index in [1.54, 1.807) is 22.3 Å². The number of rotatable bonds is 24. The highest BCUT2D eigenvalue weighted by atomic mass is 32.1. The predicted octanol–water partition coefficient (Wildman–Crippen LogP) is 15.6. The van der Waals surface area contributed by atoms with Gasteiger partial charge in [0.05, 0.1) is 0 Å². The van der Waals surface area contributed by atoms with Crippen LogP contribution in [0.4, 0.5) is 0 Å². The molecule has 278 valence electrons. The van der Waals surface area contributed by atoms with E-state index in [0.29, 0.717) is 0 Å². The van der Waals surface area contributed by atoms with Gasteiger partial charge in [0.2, 0.25) is 0 Å². The van der Waals surface area contributed by atoms with E-state index in [9.17, 15) is 0 Å². The lowest BCUT2D eigenvalue weighted by Gasteiger charge is -2.12. The van der Waals surface area contributed by atoms with Crippen LogP contribution in [0.2, 0.25) is 0 Å². The van der Waals surface area contributed by atoms with Crippen molar-refractivity contribution in [3.63, 3.8) is 0 Å². The molecule has 0 N–H and O–H groups in total. The third kappa shape index (κ3) is 12.3. The zero-order valence-corrected chi connectivity index (χ0v) is 34.7. The zero-order valence-electron chi connectivity index (χ0n) is 33.0. The summed E-state index contributed by atoms with van der Waals surface area (Å²) < 4.78 is 0. The Morgan fingerprint density at radius 3 is 1.08 bits per heavy atom. The van der Waals surface area contributed by atoms with E-state index in [1.807, 2.05) is 22.7 Å². The second-order valence-corrected chi connectivity index (χ2v) is 17.4. The standard InChI is InChI=1S/C50H66S2/c1-5-9-13-19-41-25-27-45(37-43(41)23-15-11-7-3)49-35-33-47(51-49)31-29-39-21-17-18-22-40(39)30-32-48-34-36-50(52-48)46-28-26-42(20-14-10-6-2)44(38-46)24-16-12-8-4/h17-18,21-22,25-28,33-38H,5-16,19-20,23-24,29-32H2,1-4H3. The summed E-state index contributed by atoms with van der Waals surface area (Å²) >= 11 is 4.00. The van der Waals surface area contributed by atoms with Crippen LogP contribution in [0, 0.1) is 0 Å². The second-order valence-electron chi connectivity index (χ2n) is 15.1. The maximum atomic E-state index is 2.52. The van der Waals surface area contributed by atoms with E-state index in [0.717, 1.165) is 25.7 Å². The molecule has 5 rings (SSSR count). The minimum Gasteiger partial charge on any atom is -0.140 e. The quantitative estimate of drug-likeness (QED) is 0.0555. The topological polar surface area (TPSA) is 0 Å². The fourth-order valence-corrected chi connectivity index (χ4v) is 9.68. The number of unbranched alkanes of at least 4 members (excludes halogenated alkanes) is 8. The molecule has 0 atom stereocenters. The van der Waals surface area contributed by atoms with Gasteiger partial charge < -0.3 is 0 Å². The first-order chi connectivity index (χ1) is 25.6. The minimum atomic E-state index is 1.11. The molecule has 2 heteroatoms. The van der Waals surface area contributed by atoms with Crippen LogP contribution >= 0.6 is 22.7 Å². The Balaban J connectivity index is 1.20. The van der Waals surface area contributed by atoms with E-state index in [2.05, 4.69) is 113 Å². The lowest BCUT2D eigenvalue weighted by atomic mass is 9.95. The van der Waals surface area contributed by atoms with Gasteiger partial charge in [0.25, 0.3) is 0 Å². The normalized spacial score (nSPS) is 11.5. The first kappa shape index (κ1) is 40.2. The molecule has 0 spiro atoms. The van der Waals surface area contributed by atoms with Gasteiger partial charge in [0.15, 0.2) is 0 Å². The average Bonchev–Trinajstić information content (AvgIpc) is 3.85. The van der Waals surface area contributed by atoms with E-state index >= 15 is 0 Å². The van der Waals surface area contributed by atoms with Crippen LogP contribution in [0.3, 0.4) is 0 Å². The molecular weight excluding hydrogens is 665 g/mol.